The SMILES string of the molecule is CCC(C)CC(=O)Nc1ccc(C#CCN)cc1C. The topological polar surface area (TPSA) is 55.1 Å². The molecule has 19 heavy (non-hydrogen) atoms. The number of aryl methyl sites for hydroxylation is 1. The lowest BCUT2D eigenvalue weighted by atomic mass is 10.0. The van der Waals surface area contributed by atoms with Crippen LogP contribution in [0, 0.1) is 24.7 Å². The molecule has 1 amide bonds. The molecule has 0 bridgehead atoms. The van der Waals surface area contributed by atoms with E-state index in [1.807, 2.05) is 25.1 Å². The van der Waals surface area contributed by atoms with Crippen LogP contribution in [0.15, 0.2) is 18.2 Å². The molecule has 1 atom stereocenters. The van der Waals surface area contributed by atoms with E-state index in [4.69, 9.17) is 5.73 Å². The number of amides is 1. The minimum Gasteiger partial charge on any atom is -0.326 e. The number of nitrogens with two attached hydrogens (primary N) is 1. The molecule has 0 aliphatic rings. The summed E-state index contributed by atoms with van der Waals surface area (Å²) in [6.07, 6.45) is 1.57. The lowest BCUT2D eigenvalue weighted by Crippen LogP contribution is -2.15. The zero-order valence-electron chi connectivity index (χ0n) is 11.9. The van der Waals surface area contributed by atoms with Gasteiger partial charge in [-0.15, -0.1) is 0 Å². The monoisotopic (exact) mass is 258 g/mol. The fourth-order valence-electron chi connectivity index (χ4n) is 1.70. The Hall–Kier alpha value is -1.79. The minimum absolute atomic E-state index is 0.0678. The Kier molecular flexibility index (Phi) is 6.11. The van der Waals surface area contributed by atoms with Gasteiger partial charge in [0.1, 0.15) is 0 Å². The van der Waals surface area contributed by atoms with Gasteiger partial charge in [-0.1, -0.05) is 32.1 Å². The van der Waals surface area contributed by atoms with Crippen molar-refractivity contribution >= 4 is 11.6 Å². The molecular weight excluding hydrogens is 236 g/mol. The van der Waals surface area contributed by atoms with Crippen LogP contribution >= 0.6 is 0 Å². The van der Waals surface area contributed by atoms with E-state index in [9.17, 15) is 4.79 Å². The predicted octanol–water partition coefficient (Wildman–Crippen LogP) is 2.68. The van der Waals surface area contributed by atoms with Gasteiger partial charge in [0, 0.05) is 17.7 Å². The summed E-state index contributed by atoms with van der Waals surface area (Å²) in [4.78, 5) is 11.8. The van der Waals surface area contributed by atoms with Gasteiger partial charge in [-0.05, 0) is 36.6 Å². The van der Waals surface area contributed by atoms with Crippen LogP contribution in [-0.4, -0.2) is 12.5 Å². The smallest absolute Gasteiger partial charge is 0.224 e. The highest BCUT2D eigenvalue weighted by atomic mass is 16.1. The second-order valence-corrected chi connectivity index (χ2v) is 4.80. The molecule has 102 valence electrons. The normalized spacial score (nSPS) is 11.4. The molecule has 0 radical (unpaired) electrons. The van der Waals surface area contributed by atoms with Crippen LogP contribution in [0.1, 0.15) is 37.8 Å². The van der Waals surface area contributed by atoms with Crippen molar-refractivity contribution in [3.05, 3.63) is 29.3 Å². The van der Waals surface area contributed by atoms with Crippen molar-refractivity contribution in [2.75, 3.05) is 11.9 Å². The molecule has 0 saturated carbocycles. The summed E-state index contributed by atoms with van der Waals surface area (Å²) >= 11 is 0. The van der Waals surface area contributed by atoms with Gasteiger partial charge in [-0.2, -0.15) is 0 Å². The first kappa shape index (κ1) is 15.3. The Morgan fingerprint density at radius 1 is 1.47 bits per heavy atom. The lowest BCUT2D eigenvalue weighted by molar-refractivity contribution is -0.117. The third-order valence-electron chi connectivity index (χ3n) is 3.07. The van der Waals surface area contributed by atoms with Gasteiger partial charge in [-0.25, -0.2) is 0 Å². The van der Waals surface area contributed by atoms with Gasteiger partial charge in [0.05, 0.1) is 6.54 Å². The highest BCUT2D eigenvalue weighted by Crippen LogP contribution is 2.17. The number of hydrogen-bond donors (Lipinski definition) is 2. The van der Waals surface area contributed by atoms with Crippen molar-refractivity contribution in [2.24, 2.45) is 11.7 Å². The number of hydrogen-bond acceptors (Lipinski definition) is 2. The molecule has 0 aliphatic heterocycles. The third-order valence-corrected chi connectivity index (χ3v) is 3.07. The Morgan fingerprint density at radius 3 is 2.79 bits per heavy atom. The zero-order chi connectivity index (χ0) is 14.3. The molecule has 0 saturated heterocycles. The molecule has 1 aromatic carbocycles. The van der Waals surface area contributed by atoms with Gasteiger partial charge < -0.3 is 11.1 Å². The predicted molar refractivity (Wildman–Crippen MR) is 79.8 cm³/mol. The van der Waals surface area contributed by atoms with Crippen LogP contribution in [0.3, 0.4) is 0 Å². The minimum atomic E-state index is 0.0678. The first-order valence-electron chi connectivity index (χ1n) is 6.66. The average Bonchev–Trinajstić information content (AvgIpc) is 2.39. The highest BCUT2D eigenvalue weighted by molar-refractivity contribution is 5.91. The van der Waals surface area contributed by atoms with Crippen molar-refractivity contribution < 1.29 is 4.79 Å². The highest BCUT2D eigenvalue weighted by Gasteiger charge is 2.08. The zero-order valence-corrected chi connectivity index (χ0v) is 11.9. The number of rotatable bonds is 4. The first-order chi connectivity index (χ1) is 9.06. The molecule has 1 unspecified atom stereocenters. The van der Waals surface area contributed by atoms with E-state index in [1.165, 1.54) is 0 Å². The van der Waals surface area contributed by atoms with E-state index in [-0.39, 0.29) is 5.91 Å². The van der Waals surface area contributed by atoms with Gasteiger partial charge in [0.15, 0.2) is 0 Å². The molecular formula is C16H22N2O. The van der Waals surface area contributed by atoms with Gasteiger partial charge in [-0.3, -0.25) is 4.79 Å². The molecule has 0 aliphatic carbocycles. The Balaban J connectivity index is 2.72. The molecule has 3 N–H and O–H groups in total. The van der Waals surface area contributed by atoms with Crippen molar-refractivity contribution in [3.8, 4) is 11.8 Å². The lowest BCUT2D eigenvalue weighted by Gasteiger charge is -2.11. The van der Waals surface area contributed by atoms with E-state index < -0.39 is 0 Å². The number of carbonyl (C=O) groups is 1. The maximum Gasteiger partial charge on any atom is 0.224 e. The molecule has 3 heteroatoms. The third kappa shape index (κ3) is 5.15. The number of benzene rings is 1. The molecule has 0 fully saturated rings. The van der Waals surface area contributed by atoms with Crippen LogP contribution in [0.25, 0.3) is 0 Å². The summed E-state index contributed by atoms with van der Waals surface area (Å²) in [7, 11) is 0. The number of anilines is 1. The van der Waals surface area contributed by atoms with Crippen LogP contribution < -0.4 is 11.1 Å². The second kappa shape index (κ2) is 7.60. The number of carbonyl (C=O) groups excluding carboxylic acids is 1. The van der Waals surface area contributed by atoms with Gasteiger partial charge in [0.2, 0.25) is 5.91 Å². The van der Waals surface area contributed by atoms with Crippen LogP contribution in [-0.2, 0) is 4.79 Å². The second-order valence-electron chi connectivity index (χ2n) is 4.80. The van der Waals surface area contributed by atoms with Crippen LogP contribution in [0.5, 0.6) is 0 Å². The maximum absolute atomic E-state index is 11.8. The average molecular weight is 258 g/mol. The summed E-state index contributed by atoms with van der Waals surface area (Å²) in [6.45, 7) is 6.49. The molecule has 1 rings (SSSR count). The van der Waals surface area contributed by atoms with Gasteiger partial charge in [0.25, 0.3) is 0 Å². The van der Waals surface area contributed by atoms with Crippen LogP contribution in [0.4, 0.5) is 5.69 Å². The van der Waals surface area contributed by atoms with E-state index >= 15 is 0 Å². The molecule has 0 spiro atoms. The summed E-state index contributed by atoms with van der Waals surface area (Å²) in [5, 5.41) is 2.95. The van der Waals surface area contributed by atoms with E-state index in [1.54, 1.807) is 0 Å². The largest absolute Gasteiger partial charge is 0.326 e. The summed E-state index contributed by atoms with van der Waals surface area (Å²) < 4.78 is 0. The molecule has 1 aromatic rings. The van der Waals surface area contributed by atoms with E-state index in [2.05, 4.69) is 31.0 Å². The van der Waals surface area contributed by atoms with Crippen molar-refractivity contribution in [1.82, 2.24) is 0 Å². The summed E-state index contributed by atoms with van der Waals surface area (Å²) in [6, 6.07) is 5.75. The Labute approximate surface area is 115 Å². The fraction of sp³-hybridized carbons (Fsp3) is 0.438. The van der Waals surface area contributed by atoms with E-state index in [0.29, 0.717) is 18.9 Å². The van der Waals surface area contributed by atoms with Gasteiger partial charge >= 0.3 is 0 Å². The van der Waals surface area contributed by atoms with Crippen molar-refractivity contribution in [2.45, 2.75) is 33.6 Å². The molecule has 3 nitrogen and oxygen atoms in total. The quantitative estimate of drug-likeness (QED) is 0.816. The van der Waals surface area contributed by atoms with Crippen molar-refractivity contribution in [3.63, 3.8) is 0 Å². The first-order valence-corrected chi connectivity index (χ1v) is 6.66. The van der Waals surface area contributed by atoms with E-state index in [0.717, 1.165) is 23.2 Å². The Bertz CT molecular complexity index is 497. The summed E-state index contributed by atoms with van der Waals surface area (Å²) in [5.74, 6) is 6.28. The van der Waals surface area contributed by atoms with Crippen molar-refractivity contribution in [1.29, 1.82) is 0 Å². The maximum atomic E-state index is 11.8. The van der Waals surface area contributed by atoms with Crippen LogP contribution in [0.2, 0.25) is 0 Å². The fourth-order valence-corrected chi connectivity index (χ4v) is 1.70. The number of nitrogens with one attached hydrogen (secondary N) is 1. The molecule has 0 heterocycles. The standard InChI is InChI=1S/C16H22N2O/c1-4-12(2)10-16(19)18-15-8-7-14(6-5-9-17)11-13(15)3/h7-8,11-12H,4,9-10,17H2,1-3H3,(H,18,19). The summed E-state index contributed by atoms with van der Waals surface area (Å²) in [5.41, 5.74) is 8.13. The Morgan fingerprint density at radius 2 is 2.21 bits per heavy atom. The molecule has 0 aromatic heterocycles.